The number of benzene rings is 1. The highest BCUT2D eigenvalue weighted by Crippen LogP contribution is 2.36. The van der Waals surface area contributed by atoms with E-state index in [1.54, 1.807) is 48.1 Å². The number of hydrogen-bond donors (Lipinski definition) is 2. The average Bonchev–Trinajstić information content (AvgIpc) is 3.57. The number of alkyl halides is 3. The zero-order valence-electron chi connectivity index (χ0n) is 19.0. The van der Waals surface area contributed by atoms with Crippen molar-refractivity contribution in [3.05, 3.63) is 82.8 Å². The fraction of sp³-hybridized carbons (Fsp3) is 0.240. The van der Waals surface area contributed by atoms with E-state index in [0.29, 0.717) is 37.5 Å². The lowest BCUT2D eigenvalue weighted by Crippen LogP contribution is -2.51. The maximum absolute atomic E-state index is 13.5. The first kappa shape index (κ1) is 24.0. The maximum atomic E-state index is 13.5. The van der Waals surface area contributed by atoms with Crippen molar-refractivity contribution in [1.29, 1.82) is 0 Å². The number of furan rings is 1. The van der Waals surface area contributed by atoms with Crippen molar-refractivity contribution < 1.29 is 22.4 Å². The number of pyridine rings is 1. The first-order chi connectivity index (χ1) is 17.4. The number of nitrogens with one attached hydrogen (secondary N) is 2. The normalized spacial score (nSPS) is 16.2. The number of piperazine rings is 1. The third kappa shape index (κ3) is 5.42. The number of carbonyl (C=O) groups excluding carboxylic acids is 1. The second-order valence-electron chi connectivity index (χ2n) is 8.31. The van der Waals surface area contributed by atoms with Crippen LogP contribution in [0.15, 0.2) is 70.9 Å². The van der Waals surface area contributed by atoms with Gasteiger partial charge in [-0.2, -0.15) is 13.2 Å². The molecular formula is C25H22F3N5O2S. The molecule has 4 heterocycles. The van der Waals surface area contributed by atoms with Gasteiger partial charge in [0.15, 0.2) is 5.76 Å². The first-order valence-electron chi connectivity index (χ1n) is 11.3. The Labute approximate surface area is 209 Å². The van der Waals surface area contributed by atoms with Gasteiger partial charge in [-0.25, -0.2) is 4.98 Å². The summed E-state index contributed by atoms with van der Waals surface area (Å²) < 4.78 is 46.2. The summed E-state index contributed by atoms with van der Waals surface area (Å²) in [4.78, 5) is 23.3. The standard InChI is InChI=1S/C25H22F3N5O2S/c26-25(27,28)17-1-2-20(33-11-9-30-18(15-33)14-23-31-10-12-36-23)19(13-17)32-24(34)22-4-3-21(35-22)16-5-7-29-8-6-16/h1-8,10,12-13,18,30H,9,11,14-15H2,(H,32,34)/t18-/m0/s1. The van der Waals surface area contributed by atoms with E-state index in [9.17, 15) is 18.0 Å². The van der Waals surface area contributed by atoms with Gasteiger partial charge in [-0.05, 0) is 42.5 Å². The van der Waals surface area contributed by atoms with Crippen molar-refractivity contribution in [3.63, 3.8) is 0 Å². The molecule has 1 fully saturated rings. The van der Waals surface area contributed by atoms with Gasteiger partial charge in [-0.3, -0.25) is 9.78 Å². The molecule has 36 heavy (non-hydrogen) atoms. The van der Waals surface area contributed by atoms with Crippen LogP contribution in [-0.4, -0.2) is 41.6 Å². The number of nitrogens with zero attached hydrogens (tertiary/aromatic N) is 3. The van der Waals surface area contributed by atoms with E-state index in [1.165, 1.54) is 12.1 Å². The Morgan fingerprint density at radius 3 is 2.75 bits per heavy atom. The molecular weight excluding hydrogens is 491 g/mol. The summed E-state index contributed by atoms with van der Waals surface area (Å²) in [7, 11) is 0. The second-order valence-corrected chi connectivity index (χ2v) is 9.29. The van der Waals surface area contributed by atoms with Crippen LogP contribution in [0.2, 0.25) is 0 Å². The average molecular weight is 514 g/mol. The molecule has 7 nitrogen and oxygen atoms in total. The Morgan fingerprint density at radius 1 is 1.17 bits per heavy atom. The zero-order valence-corrected chi connectivity index (χ0v) is 19.8. The summed E-state index contributed by atoms with van der Waals surface area (Å²) in [6.45, 7) is 1.79. The van der Waals surface area contributed by atoms with Crippen molar-refractivity contribution in [2.24, 2.45) is 0 Å². The summed E-state index contributed by atoms with van der Waals surface area (Å²) in [6, 6.07) is 10.1. The Morgan fingerprint density at radius 2 is 2.00 bits per heavy atom. The first-order valence-corrected chi connectivity index (χ1v) is 12.1. The molecule has 0 bridgehead atoms. The third-order valence-corrected chi connectivity index (χ3v) is 6.67. The predicted octanol–water partition coefficient (Wildman–Crippen LogP) is 5.09. The Bertz CT molecular complexity index is 1330. The third-order valence-electron chi connectivity index (χ3n) is 5.87. The second kappa shape index (κ2) is 10.1. The summed E-state index contributed by atoms with van der Waals surface area (Å²) in [5.41, 5.74) is 0.485. The summed E-state index contributed by atoms with van der Waals surface area (Å²) in [5, 5.41) is 8.98. The van der Waals surface area contributed by atoms with E-state index >= 15 is 0 Å². The number of aromatic nitrogens is 2. The number of amides is 1. The van der Waals surface area contributed by atoms with Crippen LogP contribution in [0, 0.1) is 0 Å². The van der Waals surface area contributed by atoms with E-state index in [-0.39, 0.29) is 17.5 Å². The minimum Gasteiger partial charge on any atom is -0.451 e. The Kier molecular flexibility index (Phi) is 6.75. The molecule has 5 rings (SSSR count). The van der Waals surface area contributed by atoms with Gasteiger partial charge in [0.1, 0.15) is 5.76 Å². The Balaban J connectivity index is 1.40. The van der Waals surface area contributed by atoms with Gasteiger partial charge < -0.3 is 20.0 Å². The van der Waals surface area contributed by atoms with Gasteiger partial charge in [-0.15, -0.1) is 11.3 Å². The zero-order chi connectivity index (χ0) is 25.1. The van der Waals surface area contributed by atoms with Crippen molar-refractivity contribution in [2.75, 3.05) is 29.9 Å². The van der Waals surface area contributed by atoms with Gasteiger partial charge in [0.25, 0.3) is 5.91 Å². The molecule has 0 aliphatic carbocycles. The number of carbonyl (C=O) groups is 1. The molecule has 11 heteroatoms. The van der Waals surface area contributed by atoms with Crippen molar-refractivity contribution in [3.8, 4) is 11.3 Å². The highest BCUT2D eigenvalue weighted by Gasteiger charge is 2.32. The monoisotopic (exact) mass is 513 g/mol. The maximum Gasteiger partial charge on any atom is 0.416 e. The van der Waals surface area contributed by atoms with Crippen LogP contribution in [0.5, 0.6) is 0 Å². The Hall–Kier alpha value is -3.70. The van der Waals surface area contributed by atoms with Crippen LogP contribution in [-0.2, 0) is 12.6 Å². The number of anilines is 2. The van der Waals surface area contributed by atoms with Crippen LogP contribution in [0.25, 0.3) is 11.3 Å². The van der Waals surface area contributed by atoms with Gasteiger partial charge in [0, 0.05) is 61.6 Å². The summed E-state index contributed by atoms with van der Waals surface area (Å²) >= 11 is 1.56. The molecule has 0 radical (unpaired) electrons. The number of thiazole rings is 1. The highest BCUT2D eigenvalue weighted by molar-refractivity contribution is 7.09. The van der Waals surface area contributed by atoms with Gasteiger partial charge >= 0.3 is 6.18 Å². The lowest BCUT2D eigenvalue weighted by atomic mass is 10.1. The largest absolute Gasteiger partial charge is 0.451 e. The van der Waals surface area contributed by atoms with Crippen molar-refractivity contribution in [1.82, 2.24) is 15.3 Å². The molecule has 1 aliphatic rings. The lowest BCUT2D eigenvalue weighted by molar-refractivity contribution is -0.137. The number of halogens is 3. The molecule has 3 aromatic heterocycles. The predicted molar refractivity (Wildman–Crippen MR) is 131 cm³/mol. The molecule has 1 amide bonds. The van der Waals surface area contributed by atoms with E-state index in [2.05, 4.69) is 20.6 Å². The smallest absolute Gasteiger partial charge is 0.416 e. The van der Waals surface area contributed by atoms with Crippen molar-refractivity contribution in [2.45, 2.75) is 18.6 Å². The molecule has 186 valence electrons. The molecule has 2 N–H and O–H groups in total. The molecule has 1 aliphatic heterocycles. The molecule has 0 spiro atoms. The molecule has 0 saturated carbocycles. The molecule has 4 aromatic rings. The van der Waals surface area contributed by atoms with Gasteiger partial charge in [0.2, 0.25) is 0 Å². The molecule has 1 saturated heterocycles. The minimum absolute atomic E-state index is 0.00729. The SMILES string of the molecule is O=C(Nc1cc(C(F)(F)F)ccc1N1CCN[C@@H](Cc2nccs2)C1)c1ccc(-c2ccncc2)o1. The summed E-state index contributed by atoms with van der Waals surface area (Å²) in [5.74, 6) is -0.184. The van der Waals surface area contributed by atoms with E-state index in [0.717, 1.165) is 22.7 Å². The topological polar surface area (TPSA) is 83.3 Å². The number of rotatable bonds is 6. The quantitative estimate of drug-likeness (QED) is 0.374. The fourth-order valence-corrected chi connectivity index (χ4v) is 4.85. The lowest BCUT2D eigenvalue weighted by Gasteiger charge is -2.36. The van der Waals surface area contributed by atoms with E-state index in [4.69, 9.17) is 4.42 Å². The van der Waals surface area contributed by atoms with Crippen LogP contribution in [0.3, 0.4) is 0 Å². The van der Waals surface area contributed by atoms with Gasteiger partial charge in [-0.1, -0.05) is 0 Å². The van der Waals surface area contributed by atoms with Crippen LogP contribution >= 0.6 is 11.3 Å². The van der Waals surface area contributed by atoms with Gasteiger partial charge in [0.05, 0.1) is 21.9 Å². The molecule has 1 atom stereocenters. The number of hydrogen-bond acceptors (Lipinski definition) is 7. The van der Waals surface area contributed by atoms with E-state index < -0.39 is 17.6 Å². The minimum atomic E-state index is -4.55. The fourth-order valence-electron chi connectivity index (χ4n) is 4.15. The molecule has 1 aromatic carbocycles. The highest BCUT2D eigenvalue weighted by atomic mass is 32.1. The van der Waals surface area contributed by atoms with Crippen LogP contribution in [0.4, 0.5) is 24.5 Å². The van der Waals surface area contributed by atoms with E-state index in [1.807, 2.05) is 10.3 Å². The summed E-state index contributed by atoms with van der Waals surface area (Å²) in [6.07, 6.45) is 1.11. The van der Waals surface area contributed by atoms with Crippen molar-refractivity contribution >= 4 is 28.6 Å². The molecule has 0 unspecified atom stereocenters. The van der Waals surface area contributed by atoms with Crippen LogP contribution < -0.4 is 15.5 Å². The van der Waals surface area contributed by atoms with Crippen LogP contribution in [0.1, 0.15) is 21.1 Å².